The molecule has 0 saturated carbocycles. The van der Waals surface area contributed by atoms with Gasteiger partial charge in [-0.15, -0.1) is 5.10 Å². The van der Waals surface area contributed by atoms with Gasteiger partial charge in [0, 0.05) is 13.0 Å². The van der Waals surface area contributed by atoms with Gasteiger partial charge in [0.2, 0.25) is 0 Å². The molecule has 1 atom stereocenters. The van der Waals surface area contributed by atoms with E-state index in [1.54, 1.807) is 10.9 Å². The van der Waals surface area contributed by atoms with Crippen molar-refractivity contribution < 1.29 is 9.90 Å². The van der Waals surface area contributed by atoms with Crippen LogP contribution in [0.4, 0.5) is 0 Å². The molecule has 2 heterocycles. The minimum atomic E-state index is -0.728. The van der Waals surface area contributed by atoms with E-state index in [4.69, 9.17) is 5.11 Å². The molecule has 1 aromatic heterocycles. The summed E-state index contributed by atoms with van der Waals surface area (Å²) in [6.45, 7) is 0.696. The fourth-order valence-corrected chi connectivity index (χ4v) is 1.73. The molecule has 0 bridgehead atoms. The second-order valence-electron chi connectivity index (χ2n) is 3.41. The number of carboxylic acid groups (broad SMARTS) is 1. The molecule has 0 aromatic carbocycles. The molecule has 5 nitrogen and oxygen atoms in total. The van der Waals surface area contributed by atoms with Gasteiger partial charge >= 0.3 is 5.97 Å². The lowest BCUT2D eigenvalue weighted by Gasteiger charge is -2.20. The molecular weight excluding hydrogens is 170 g/mol. The molecule has 0 saturated heterocycles. The summed E-state index contributed by atoms with van der Waals surface area (Å²) in [5.74, 6) is -0.514. The Hall–Kier alpha value is -1.39. The number of hydrogen-bond acceptors (Lipinski definition) is 3. The fraction of sp³-hybridized carbons (Fsp3) is 0.625. The Bertz CT molecular complexity index is 321. The summed E-state index contributed by atoms with van der Waals surface area (Å²) in [5, 5.41) is 16.3. The van der Waals surface area contributed by atoms with E-state index in [2.05, 4.69) is 10.3 Å². The standard InChI is InChI=1S/C8H11N3O2/c12-8(13)3-6-1-2-7-4-9-10-11(7)5-6/h4,6H,1-3,5H2,(H,12,13). The Kier molecular flexibility index (Phi) is 2.00. The number of carbonyl (C=O) groups is 1. The maximum atomic E-state index is 10.5. The number of aromatic nitrogens is 3. The third kappa shape index (κ3) is 1.68. The van der Waals surface area contributed by atoms with Crippen LogP contribution in [-0.4, -0.2) is 26.1 Å². The molecule has 1 aliphatic heterocycles. The van der Waals surface area contributed by atoms with Gasteiger partial charge in [0.05, 0.1) is 11.9 Å². The lowest BCUT2D eigenvalue weighted by Crippen LogP contribution is -2.22. The van der Waals surface area contributed by atoms with Crippen molar-refractivity contribution in [1.29, 1.82) is 0 Å². The van der Waals surface area contributed by atoms with Gasteiger partial charge in [-0.25, -0.2) is 4.68 Å². The second-order valence-corrected chi connectivity index (χ2v) is 3.41. The zero-order chi connectivity index (χ0) is 9.26. The average Bonchev–Trinajstić information content (AvgIpc) is 2.49. The summed E-state index contributed by atoms with van der Waals surface area (Å²) in [7, 11) is 0. The number of aliphatic carboxylic acids is 1. The Balaban J connectivity index is 2.04. The summed E-state index contributed by atoms with van der Waals surface area (Å²) >= 11 is 0. The molecule has 1 N–H and O–H groups in total. The van der Waals surface area contributed by atoms with Crippen LogP contribution in [0.2, 0.25) is 0 Å². The molecule has 2 rings (SSSR count). The number of hydrogen-bond donors (Lipinski definition) is 1. The lowest BCUT2D eigenvalue weighted by molar-refractivity contribution is -0.138. The van der Waals surface area contributed by atoms with E-state index in [1.165, 1.54) is 0 Å². The lowest BCUT2D eigenvalue weighted by atomic mass is 9.95. The molecule has 1 aliphatic rings. The summed E-state index contributed by atoms with van der Waals surface area (Å²) in [6, 6.07) is 0. The molecule has 0 amide bonds. The first kappa shape index (κ1) is 8.22. The number of rotatable bonds is 2. The van der Waals surface area contributed by atoms with E-state index in [0.29, 0.717) is 6.54 Å². The summed E-state index contributed by atoms with van der Waals surface area (Å²) in [5.41, 5.74) is 1.11. The predicted octanol–water partition coefficient (Wildman–Crippen LogP) is 0.315. The van der Waals surface area contributed by atoms with Crippen molar-refractivity contribution in [2.75, 3.05) is 0 Å². The normalized spacial score (nSPS) is 21.1. The maximum Gasteiger partial charge on any atom is 0.303 e. The van der Waals surface area contributed by atoms with E-state index in [1.807, 2.05) is 0 Å². The molecule has 1 aromatic rings. The first-order valence-corrected chi connectivity index (χ1v) is 4.35. The van der Waals surface area contributed by atoms with Crippen molar-refractivity contribution in [2.45, 2.75) is 25.8 Å². The van der Waals surface area contributed by atoms with E-state index in [-0.39, 0.29) is 12.3 Å². The highest BCUT2D eigenvalue weighted by atomic mass is 16.4. The van der Waals surface area contributed by atoms with Crippen molar-refractivity contribution in [3.8, 4) is 0 Å². The van der Waals surface area contributed by atoms with Crippen LogP contribution in [0.3, 0.4) is 0 Å². The van der Waals surface area contributed by atoms with Gasteiger partial charge in [0.1, 0.15) is 0 Å². The van der Waals surface area contributed by atoms with Crippen molar-refractivity contribution >= 4 is 5.97 Å². The quantitative estimate of drug-likeness (QED) is 0.713. The highest BCUT2D eigenvalue weighted by molar-refractivity contribution is 5.67. The fourth-order valence-electron chi connectivity index (χ4n) is 1.73. The van der Waals surface area contributed by atoms with Gasteiger partial charge < -0.3 is 5.11 Å². The maximum absolute atomic E-state index is 10.5. The van der Waals surface area contributed by atoms with Crippen LogP contribution >= 0.6 is 0 Å². The molecule has 0 fully saturated rings. The van der Waals surface area contributed by atoms with E-state index >= 15 is 0 Å². The van der Waals surface area contributed by atoms with Crippen molar-refractivity contribution in [3.63, 3.8) is 0 Å². The van der Waals surface area contributed by atoms with E-state index < -0.39 is 5.97 Å². The zero-order valence-corrected chi connectivity index (χ0v) is 7.18. The smallest absolute Gasteiger partial charge is 0.303 e. The van der Waals surface area contributed by atoms with Crippen LogP contribution in [0.5, 0.6) is 0 Å². The number of fused-ring (bicyclic) bond motifs is 1. The number of aryl methyl sites for hydroxylation is 1. The van der Waals surface area contributed by atoms with Crippen molar-refractivity contribution in [1.82, 2.24) is 15.0 Å². The molecular formula is C8H11N3O2. The Morgan fingerprint density at radius 1 is 1.77 bits per heavy atom. The number of carboxylic acids is 1. The zero-order valence-electron chi connectivity index (χ0n) is 7.18. The highest BCUT2D eigenvalue weighted by Crippen LogP contribution is 2.20. The Labute approximate surface area is 75.4 Å². The second kappa shape index (κ2) is 3.16. The van der Waals surface area contributed by atoms with E-state index in [0.717, 1.165) is 18.5 Å². The third-order valence-electron chi connectivity index (χ3n) is 2.40. The minimum absolute atomic E-state index is 0.215. The summed E-state index contributed by atoms with van der Waals surface area (Å²) < 4.78 is 1.80. The van der Waals surface area contributed by atoms with Crippen molar-refractivity contribution in [2.24, 2.45) is 5.92 Å². The van der Waals surface area contributed by atoms with Crippen LogP contribution in [0, 0.1) is 5.92 Å². The Morgan fingerprint density at radius 3 is 3.38 bits per heavy atom. The van der Waals surface area contributed by atoms with Gasteiger partial charge in [-0.3, -0.25) is 4.79 Å². The van der Waals surface area contributed by atoms with Crippen LogP contribution in [-0.2, 0) is 17.8 Å². The van der Waals surface area contributed by atoms with Crippen LogP contribution in [0.25, 0.3) is 0 Å². The summed E-state index contributed by atoms with van der Waals surface area (Å²) in [4.78, 5) is 10.5. The number of nitrogens with zero attached hydrogens (tertiary/aromatic N) is 3. The molecule has 0 aliphatic carbocycles. The van der Waals surface area contributed by atoms with Gasteiger partial charge in [-0.05, 0) is 18.8 Å². The topological polar surface area (TPSA) is 68.0 Å². The van der Waals surface area contributed by atoms with Crippen LogP contribution in [0.15, 0.2) is 6.20 Å². The van der Waals surface area contributed by atoms with Crippen LogP contribution in [0.1, 0.15) is 18.5 Å². The first-order chi connectivity index (χ1) is 6.25. The highest BCUT2D eigenvalue weighted by Gasteiger charge is 2.21. The van der Waals surface area contributed by atoms with E-state index in [9.17, 15) is 4.79 Å². The van der Waals surface area contributed by atoms with Gasteiger partial charge in [-0.2, -0.15) is 0 Å². The Morgan fingerprint density at radius 2 is 2.62 bits per heavy atom. The SMILES string of the molecule is O=C(O)CC1CCc2cnnn2C1. The van der Waals surface area contributed by atoms with Gasteiger partial charge in [-0.1, -0.05) is 5.21 Å². The van der Waals surface area contributed by atoms with Gasteiger partial charge in [0.15, 0.2) is 0 Å². The molecule has 5 heteroatoms. The van der Waals surface area contributed by atoms with Crippen LogP contribution < -0.4 is 0 Å². The van der Waals surface area contributed by atoms with Crippen molar-refractivity contribution in [3.05, 3.63) is 11.9 Å². The molecule has 0 radical (unpaired) electrons. The minimum Gasteiger partial charge on any atom is -0.481 e. The molecule has 1 unspecified atom stereocenters. The van der Waals surface area contributed by atoms with Gasteiger partial charge in [0.25, 0.3) is 0 Å². The molecule has 70 valence electrons. The molecule has 13 heavy (non-hydrogen) atoms. The average molecular weight is 181 g/mol. The largest absolute Gasteiger partial charge is 0.481 e. The summed E-state index contributed by atoms with van der Waals surface area (Å²) in [6.07, 6.45) is 3.81. The molecule has 0 spiro atoms. The first-order valence-electron chi connectivity index (χ1n) is 4.35. The monoisotopic (exact) mass is 181 g/mol. The third-order valence-corrected chi connectivity index (χ3v) is 2.40. The predicted molar refractivity (Wildman–Crippen MR) is 44.1 cm³/mol.